The molecule has 176 valence electrons. The molecule has 2 aliphatic rings. The molecule has 7 nitrogen and oxygen atoms in total. The summed E-state index contributed by atoms with van der Waals surface area (Å²) in [7, 11) is 0. The molecule has 2 heterocycles. The minimum atomic E-state index is -0.777. The maximum absolute atomic E-state index is 14.7. The van der Waals surface area contributed by atoms with Crippen LogP contribution in [0.25, 0.3) is 0 Å². The fraction of sp³-hybridized carbons (Fsp3) is 0.440. The molecule has 2 aliphatic heterocycles. The van der Waals surface area contributed by atoms with Crippen molar-refractivity contribution in [2.45, 2.75) is 50.4 Å². The topological polar surface area (TPSA) is 105 Å². The van der Waals surface area contributed by atoms with Gasteiger partial charge in [0.25, 0.3) is 11.8 Å². The van der Waals surface area contributed by atoms with Gasteiger partial charge in [0.2, 0.25) is 0 Å². The lowest BCUT2D eigenvalue weighted by Gasteiger charge is -2.34. The Labute approximate surface area is 192 Å². The molecule has 2 saturated heterocycles. The van der Waals surface area contributed by atoms with Crippen LogP contribution >= 0.6 is 0 Å². The molecule has 0 aliphatic carbocycles. The number of carbonyl (C=O) groups excluding carboxylic acids is 2. The standard InChI is InChI=1S/C25H30FN3O4/c26-23-11-17(25(32)29-19-7-8-20(29)15-33-14-19)6-10-22(23)24(31)28-13-21(30)9-5-16-3-1-2-4-18(16)12-27/h1-4,6,10-11,19-21,30H,5,7-9,12-15,27H2,(H,28,31)/t19?,20?,21-/m0/s1. The first-order chi connectivity index (χ1) is 16.0. The van der Waals surface area contributed by atoms with Gasteiger partial charge in [-0.25, -0.2) is 4.39 Å². The Kier molecular flexibility index (Phi) is 7.37. The molecule has 4 rings (SSSR count). The first-order valence-corrected chi connectivity index (χ1v) is 11.4. The average Bonchev–Trinajstić information content (AvgIpc) is 3.08. The van der Waals surface area contributed by atoms with E-state index >= 15 is 0 Å². The number of benzene rings is 2. The van der Waals surface area contributed by atoms with Gasteiger partial charge in [0.05, 0.1) is 37.0 Å². The third-order valence-electron chi connectivity index (χ3n) is 6.52. The predicted molar refractivity (Wildman–Crippen MR) is 121 cm³/mol. The number of aliphatic hydroxyl groups is 1. The normalized spacial score (nSPS) is 20.5. The molecule has 0 aromatic heterocycles. The molecule has 2 bridgehead atoms. The summed E-state index contributed by atoms with van der Waals surface area (Å²) in [4.78, 5) is 27.1. The Morgan fingerprint density at radius 3 is 2.52 bits per heavy atom. The molecule has 2 fully saturated rings. The summed E-state index contributed by atoms with van der Waals surface area (Å²) < 4.78 is 20.2. The van der Waals surface area contributed by atoms with Crippen molar-refractivity contribution in [3.05, 3.63) is 70.5 Å². The number of nitrogens with one attached hydrogen (secondary N) is 1. The number of halogens is 1. The van der Waals surface area contributed by atoms with Gasteiger partial charge in [-0.1, -0.05) is 24.3 Å². The van der Waals surface area contributed by atoms with Crippen molar-refractivity contribution in [3.63, 3.8) is 0 Å². The van der Waals surface area contributed by atoms with E-state index in [4.69, 9.17) is 10.5 Å². The van der Waals surface area contributed by atoms with Crippen LogP contribution in [0.5, 0.6) is 0 Å². The number of nitrogens with two attached hydrogens (primary N) is 1. The number of rotatable bonds is 8. The van der Waals surface area contributed by atoms with Gasteiger partial charge in [0, 0.05) is 18.7 Å². The summed E-state index contributed by atoms with van der Waals surface area (Å²) in [6, 6.07) is 11.7. The van der Waals surface area contributed by atoms with Crippen LogP contribution in [0.3, 0.4) is 0 Å². The zero-order chi connectivity index (χ0) is 23.4. The maximum atomic E-state index is 14.7. The van der Waals surface area contributed by atoms with E-state index in [2.05, 4.69) is 5.32 Å². The van der Waals surface area contributed by atoms with Crippen molar-refractivity contribution >= 4 is 11.8 Å². The van der Waals surface area contributed by atoms with E-state index in [1.807, 2.05) is 24.3 Å². The van der Waals surface area contributed by atoms with Crippen molar-refractivity contribution < 1.29 is 23.8 Å². The molecule has 2 unspecified atom stereocenters. The molecule has 0 saturated carbocycles. The van der Waals surface area contributed by atoms with E-state index in [1.165, 1.54) is 12.1 Å². The number of aliphatic hydroxyl groups excluding tert-OH is 1. The average molecular weight is 456 g/mol. The van der Waals surface area contributed by atoms with E-state index in [0.29, 0.717) is 32.6 Å². The fourth-order valence-corrected chi connectivity index (χ4v) is 4.67. The molecule has 0 spiro atoms. The number of hydrogen-bond acceptors (Lipinski definition) is 5. The maximum Gasteiger partial charge on any atom is 0.254 e. The van der Waals surface area contributed by atoms with Crippen LogP contribution in [0.4, 0.5) is 4.39 Å². The molecule has 8 heteroatoms. The summed E-state index contributed by atoms with van der Waals surface area (Å²) in [5.74, 6) is -1.62. The lowest BCUT2D eigenvalue weighted by atomic mass is 10.0. The Morgan fingerprint density at radius 1 is 1.15 bits per heavy atom. The van der Waals surface area contributed by atoms with E-state index in [9.17, 15) is 19.1 Å². The van der Waals surface area contributed by atoms with Gasteiger partial charge in [0.15, 0.2) is 0 Å². The molecule has 3 atom stereocenters. The van der Waals surface area contributed by atoms with E-state index in [-0.39, 0.29) is 35.7 Å². The van der Waals surface area contributed by atoms with Crippen LogP contribution in [0, 0.1) is 5.82 Å². The summed E-state index contributed by atoms with van der Waals surface area (Å²) in [5.41, 5.74) is 7.89. The Hall–Kier alpha value is -2.81. The second-order valence-electron chi connectivity index (χ2n) is 8.70. The van der Waals surface area contributed by atoms with Crippen molar-refractivity contribution in [1.82, 2.24) is 10.2 Å². The molecule has 2 amide bonds. The molecular weight excluding hydrogens is 425 g/mol. The largest absolute Gasteiger partial charge is 0.391 e. The third-order valence-corrected chi connectivity index (χ3v) is 6.52. The highest BCUT2D eigenvalue weighted by atomic mass is 19.1. The fourth-order valence-electron chi connectivity index (χ4n) is 4.67. The quantitative estimate of drug-likeness (QED) is 0.565. The van der Waals surface area contributed by atoms with Crippen LogP contribution in [0.2, 0.25) is 0 Å². The molecule has 33 heavy (non-hydrogen) atoms. The van der Waals surface area contributed by atoms with Crippen LogP contribution < -0.4 is 11.1 Å². The minimum absolute atomic E-state index is 0.000878. The highest BCUT2D eigenvalue weighted by molar-refractivity contribution is 5.98. The zero-order valence-corrected chi connectivity index (χ0v) is 18.5. The minimum Gasteiger partial charge on any atom is -0.391 e. The van der Waals surface area contributed by atoms with Crippen molar-refractivity contribution in [3.8, 4) is 0 Å². The highest BCUT2D eigenvalue weighted by Crippen LogP contribution is 2.30. The number of fused-ring (bicyclic) bond motifs is 2. The van der Waals surface area contributed by atoms with Gasteiger partial charge in [-0.3, -0.25) is 9.59 Å². The number of nitrogens with zero attached hydrogens (tertiary/aromatic N) is 1. The molecule has 4 N–H and O–H groups in total. The van der Waals surface area contributed by atoms with Crippen LogP contribution in [0.15, 0.2) is 42.5 Å². The highest BCUT2D eigenvalue weighted by Gasteiger charge is 2.40. The monoisotopic (exact) mass is 455 g/mol. The molecule has 2 aromatic carbocycles. The second kappa shape index (κ2) is 10.4. The van der Waals surface area contributed by atoms with Crippen molar-refractivity contribution in [2.24, 2.45) is 5.73 Å². The number of aryl methyl sites for hydroxylation is 1. The first-order valence-electron chi connectivity index (χ1n) is 11.4. The molecular formula is C25H30FN3O4. The van der Waals surface area contributed by atoms with Gasteiger partial charge in [-0.05, 0) is 55.0 Å². The van der Waals surface area contributed by atoms with Gasteiger partial charge in [0.1, 0.15) is 5.82 Å². The lowest BCUT2D eigenvalue weighted by molar-refractivity contribution is -0.00718. The summed E-state index contributed by atoms with van der Waals surface area (Å²) in [6.45, 7) is 1.44. The summed E-state index contributed by atoms with van der Waals surface area (Å²) in [6.07, 6.45) is 2.06. The Balaban J connectivity index is 1.31. The summed E-state index contributed by atoms with van der Waals surface area (Å²) in [5, 5.41) is 12.8. The number of carbonyl (C=O) groups is 2. The van der Waals surface area contributed by atoms with Gasteiger partial charge in [-0.15, -0.1) is 0 Å². The number of hydrogen-bond donors (Lipinski definition) is 3. The van der Waals surface area contributed by atoms with Gasteiger partial charge in [-0.2, -0.15) is 0 Å². The zero-order valence-electron chi connectivity index (χ0n) is 18.5. The lowest BCUT2D eigenvalue weighted by Crippen LogP contribution is -2.49. The molecule has 2 aromatic rings. The predicted octanol–water partition coefficient (Wildman–Crippen LogP) is 2.01. The number of morpholine rings is 1. The molecule has 0 radical (unpaired) electrons. The second-order valence-corrected chi connectivity index (χ2v) is 8.70. The van der Waals surface area contributed by atoms with Crippen LogP contribution in [-0.4, -0.2) is 59.8 Å². The van der Waals surface area contributed by atoms with Crippen LogP contribution in [-0.2, 0) is 17.7 Å². The number of ether oxygens (including phenoxy) is 1. The van der Waals surface area contributed by atoms with Gasteiger partial charge >= 0.3 is 0 Å². The van der Waals surface area contributed by atoms with Crippen molar-refractivity contribution in [1.29, 1.82) is 0 Å². The number of amides is 2. The smallest absolute Gasteiger partial charge is 0.254 e. The first kappa shape index (κ1) is 23.4. The Bertz CT molecular complexity index is 999. The van der Waals surface area contributed by atoms with Crippen LogP contribution in [0.1, 0.15) is 51.1 Å². The van der Waals surface area contributed by atoms with Gasteiger partial charge < -0.3 is 25.8 Å². The van der Waals surface area contributed by atoms with E-state index in [0.717, 1.165) is 30.0 Å². The SMILES string of the molecule is NCc1ccccc1CC[C@H](O)CNC(=O)c1ccc(C(=O)N2C3CCC2COC3)cc1F. The third kappa shape index (κ3) is 5.24. The Morgan fingerprint density at radius 2 is 1.85 bits per heavy atom. The van der Waals surface area contributed by atoms with E-state index < -0.39 is 17.8 Å². The van der Waals surface area contributed by atoms with Crippen molar-refractivity contribution in [2.75, 3.05) is 19.8 Å². The summed E-state index contributed by atoms with van der Waals surface area (Å²) >= 11 is 0. The van der Waals surface area contributed by atoms with E-state index in [1.54, 1.807) is 4.90 Å².